The average Bonchev–Trinajstić information content (AvgIpc) is 2.26. The largest absolute Gasteiger partial charge is 0.330 e. The summed E-state index contributed by atoms with van der Waals surface area (Å²) >= 11 is 5.63. The third-order valence-corrected chi connectivity index (χ3v) is 2.99. The highest BCUT2D eigenvalue weighted by molar-refractivity contribution is 6.30. The number of nitrogens with two attached hydrogens (primary N) is 1. The van der Waals surface area contributed by atoms with Crippen molar-refractivity contribution in [3.63, 3.8) is 0 Å². The second-order valence-corrected chi connectivity index (χ2v) is 4.70. The zero-order chi connectivity index (χ0) is 12.8. The van der Waals surface area contributed by atoms with Gasteiger partial charge < -0.3 is 5.73 Å². The Labute approximate surface area is 106 Å². The fourth-order valence-corrected chi connectivity index (χ4v) is 1.82. The van der Waals surface area contributed by atoms with Crippen LogP contribution in [0.15, 0.2) is 18.2 Å². The van der Waals surface area contributed by atoms with Crippen molar-refractivity contribution < 1.29 is 9.18 Å². The van der Waals surface area contributed by atoms with Crippen LogP contribution >= 0.6 is 11.6 Å². The summed E-state index contributed by atoms with van der Waals surface area (Å²) in [5, 5.41) is 0.301. The summed E-state index contributed by atoms with van der Waals surface area (Å²) in [7, 11) is 0. The smallest absolute Gasteiger partial charge is 0.165 e. The highest BCUT2D eigenvalue weighted by Crippen LogP contribution is 2.18. The topological polar surface area (TPSA) is 43.1 Å². The van der Waals surface area contributed by atoms with Gasteiger partial charge in [-0.2, -0.15) is 0 Å². The molecule has 4 heteroatoms. The molecule has 1 unspecified atom stereocenters. The van der Waals surface area contributed by atoms with Gasteiger partial charge in [-0.3, -0.25) is 4.79 Å². The van der Waals surface area contributed by atoms with Gasteiger partial charge in [0.05, 0.1) is 5.56 Å². The van der Waals surface area contributed by atoms with Gasteiger partial charge >= 0.3 is 0 Å². The molecule has 1 atom stereocenters. The van der Waals surface area contributed by atoms with Crippen LogP contribution in [0.25, 0.3) is 0 Å². The van der Waals surface area contributed by atoms with Gasteiger partial charge in [0.1, 0.15) is 5.82 Å². The van der Waals surface area contributed by atoms with Gasteiger partial charge in [-0.25, -0.2) is 4.39 Å². The molecule has 0 aliphatic carbocycles. The molecule has 0 heterocycles. The van der Waals surface area contributed by atoms with E-state index < -0.39 is 5.82 Å². The monoisotopic (exact) mass is 257 g/mol. The van der Waals surface area contributed by atoms with E-state index in [0.29, 0.717) is 23.9 Å². The zero-order valence-corrected chi connectivity index (χ0v) is 10.6. The molecule has 2 nitrogen and oxygen atoms in total. The van der Waals surface area contributed by atoms with E-state index in [1.165, 1.54) is 12.1 Å². The quantitative estimate of drug-likeness (QED) is 0.794. The zero-order valence-electron chi connectivity index (χ0n) is 9.88. The third-order valence-electron chi connectivity index (χ3n) is 2.76. The predicted octanol–water partition coefficient (Wildman–Crippen LogP) is 3.43. The van der Waals surface area contributed by atoms with Crippen molar-refractivity contribution in [2.45, 2.75) is 26.2 Å². The van der Waals surface area contributed by atoms with Crippen molar-refractivity contribution in [2.24, 2.45) is 11.7 Å². The first kappa shape index (κ1) is 14.1. The Hall–Kier alpha value is -0.930. The summed E-state index contributed by atoms with van der Waals surface area (Å²) in [6, 6.07) is 4.13. The lowest BCUT2D eigenvalue weighted by Crippen LogP contribution is -2.09. The van der Waals surface area contributed by atoms with Crippen molar-refractivity contribution in [1.29, 1.82) is 0 Å². The van der Waals surface area contributed by atoms with Crippen LogP contribution in [-0.4, -0.2) is 12.3 Å². The van der Waals surface area contributed by atoms with E-state index in [0.717, 1.165) is 18.9 Å². The summed E-state index contributed by atoms with van der Waals surface area (Å²) in [6.07, 6.45) is 1.97. The summed E-state index contributed by atoms with van der Waals surface area (Å²) in [5.41, 5.74) is 5.55. The lowest BCUT2D eigenvalue weighted by molar-refractivity contribution is 0.0970. The molecule has 0 aliphatic heterocycles. The second-order valence-electron chi connectivity index (χ2n) is 4.27. The number of rotatable bonds is 6. The Kier molecular flexibility index (Phi) is 5.59. The predicted molar refractivity (Wildman–Crippen MR) is 67.8 cm³/mol. The maximum Gasteiger partial charge on any atom is 0.165 e. The normalized spacial score (nSPS) is 12.5. The van der Waals surface area contributed by atoms with Crippen LogP contribution in [0.4, 0.5) is 4.39 Å². The van der Waals surface area contributed by atoms with Crippen molar-refractivity contribution in [3.05, 3.63) is 34.6 Å². The van der Waals surface area contributed by atoms with E-state index in [2.05, 4.69) is 0 Å². The molecule has 1 aromatic carbocycles. The molecule has 1 rings (SSSR count). The Morgan fingerprint density at radius 2 is 2.18 bits per heavy atom. The minimum atomic E-state index is -0.547. The minimum Gasteiger partial charge on any atom is -0.330 e. The van der Waals surface area contributed by atoms with Crippen LogP contribution < -0.4 is 5.73 Å². The van der Waals surface area contributed by atoms with E-state index in [4.69, 9.17) is 17.3 Å². The molecule has 0 radical (unpaired) electrons. The number of carbonyl (C=O) groups is 1. The maximum atomic E-state index is 13.4. The Morgan fingerprint density at radius 1 is 1.47 bits per heavy atom. The SMILES string of the molecule is CC(CCN)CCC(=O)c1ccc(Cl)cc1F. The molecule has 17 heavy (non-hydrogen) atoms. The van der Waals surface area contributed by atoms with Gasteiger partial charge in [-0.1, -0.05) is 18.5 Å². The van der Waals surface area contributed by atoms with Crippen molar-refractivity contribution in [2.75, 3.05) is 6.54 Å². The molecule has 0 saturated heterocycles. The molecule has 0 fully saturated rings. The summed E-state index contributed by atoms with van der Waals surface area (Å²) in [4.78, 5) is 11.8. The number of benzene rings is 1. The summed E-state index contributed by atoms with van der Waals surface area (Å²) in [6.45, 7) is 2.66. The number of carbonyl (C=O) groups excluding carboxylic acids is 1. The Balaban J connectivity index is 2.58. The van der Waals surface area contributed by atoms with Crippen molar-refractivity contribution >= 4 is 17.4 Å². The first-order valence-electron chi connectivity index (χ1n) is 5.73. The van der Waals surface area contributed by atoms with Gasteiger partial charge in [0.15, 0.2) is 5.78 Å². The van der Waals surface area contributed by atoms with Crippen molar-refractivity contribution in [1.82, 2.24) is 0 Å². The first-order valence-corrected chi connectivity index (χ1v) is 6.10. The van der Waals surface area contributed by atoms with Gasteiger partial charge in [0.25, 0.3) is 0 Å². The molecule has 0 amide bonds. The third kappa shape index (κ3) is 4.44. The van der Waals surface area contributed by atoms with Crippen molar-refractivity contribution in [3.8, 4) is 0 Å². The van der Waals surface area contributed by atoms with Gasteiger partial charge in [-0.05, 0) is 43.5 Å². The highest BCUT2D eigenvalue weighted by Gasteiger charge is 2.13. The molecule has 94 valence electrons. The van der Waals surface area contributed by atoms with E-state index in [9.17, 15) is 9.18 Å². The fourth-order valence-electron chi connectivity index (χ4n) is 1.66. The molecule has 0 bridgehead atoms. The number of Topliss-reactive ketones (excluding diaryl/α,β-unsaturated/α-hetero) is 1. The maximum absolute atomic E-state index is 13.4. The van der Waals surface area contributed by atoms with Crippen LogP contribution in [0, 0.1) is 11.7 Å². The van der Waals surface area contributed by atoms with Crippen LogP contribution in [0.5, 0.6) is 0 Å². The summed E-state index contributed by atoms with van der Waals surface area (Å²) in [5.74, 6) is -0.337. The molecule has 1 aromatic rings. The number of hydrogen-bond donors (Lipinski definition) is 1. The number of ketones is 1. The van der Waals surface area contributed by atoms with E-state index in [1.54, 1.807) is 0 Å². The average molecular weight is 258 g/mol. The van der Waals surface area contributed by atoms with Crippen LogP contribution in [0.3, 0.4) is 0 Å². The van der Waals surface area contributed by atoms with Gasteiger partial charge in [0.2, 0.25) is 0 Å². The second kappa shape index (κ2) is 6.72. The van der Waals surface area contributed by atoms with E-state index in [1.807, 2.05) is 6.92 Å². The Morgan fingerprint density at radius 3 is 2.76 bits per heavy atom. The van der Waals surface area contributed by atoms with Crippen LogP contribution in [-0.2, 0) is 0 Å². The molecular weight excluding hydrogens is 241 g/mol. The van der Waals surface area contributed by atoms with Gasteiger partial charge in [0, 0.05) is 11.4 Å². The van der Waals surface area contributed by atoms with Gasteiger partial charge in [-0.15, -0.1) is 0 Å². The lowest BCUT2D eigenvalue weighted by atomic mass is 9.97. The number of hydrogen-bond acceptors (Lipinski definition) is 2. The molecule has 0 spiro atoms. The summed E-state index contributed by atoms with van der Waals surface area (Å²) < 4.78 is 13.4. The standard InChI is InChI=1S/C13H17ClFNO/c1-9(6-7-16)2-5-13(17)11-4-3-10(14)8-12(11)15/h3-4,8-9H,2,5-7,16H2,1H3. The molecular formula is C13H17ClFNO. The lowest BCUT2D eigenvalue weighted by Gasteiger charge is -2.09. The number of halogens is 2. The fraction of sp³-hybridized carbons (Fsp3) is 0.462. The Bertz CT molecular complexity index is 395. The molecule has 0 aromatic heterocycles. The minimum absolute atomic E-state index is 0.120. The van der Waals surface area contributed by atoms with E-state index >= 15 is 0 Å². The molecule has 0 saturated carbocycles. The molecule has 0 aliphatic rings. The van der Waals surface area contributed by atoms with Crippen LogP contribution in [0.1, 0.15) is 36.5 Å². The van der Waals surface area contributed by atoms with Crippen LogP contribution in [0.2, 0.25) is 5.02 Å². The highest BCUT2D eigenvalue weighted by atomic mass is 35.5. The van der Waals surface area contributed by atoms with E-state index in [-0.39, 0.29) is 11.3 Å². The first-order chi connectivity index (χ1) is 8.04. The molecule has 2 N–H and O–H groups in total.